The highest BCUT2D eigenvalue weighted by Gasteiger charge is 2.62. The number of rotatable bonds is 7. The van der Waals surface area contributed by atoms with Gasteiger partial charge in [-0.3, -0.25) is 0 Å². The maximum Gasteiger partial charge on any atom is 0.0543 e. The molecule has 0 amide bonds. The fourth-order valence-electron chi connectivity index (χ4n) is 13.9. The number of fused-ring (bicyclic) bond motifs is 6. The van der Waals surface area contributed by atoms with Crippen LogP contribution < -0.4 is 9.80 Å². The molecule has 0 saturated heterocycles. The molecule has 4 saturated carbocycles. The molecule has 14 rings (SSSR count). The van der Waals surface area contributed by atoms with Crippen LogP contribution in [0.25, 0.3) is 33.4 Å². The minimum Gasteiger partial charge on any atom is -0.310 e. The van der Waals surface area contributed by atoms with Gasteiger partial charge in [0.05, 0.1) is 11.4 Å². The first-order valence-corrected chi connectivity index (χ1v) is 23.4. The van der Waals surface area contributed by atoms with E-state index < -0.39 is 0 Å². The smallest absolute Gasteiger partial charge is 0.0543 e. The minimum absolute atomic E-state index is 0.00259. The largest absolute Gasteiger partial charge is 0.310 e. The Balaban J connectivity index is 1.02. The summed E-state index contributed by atoms with van der Waals surface area (Å²) in [6.07, 6.45) is 6.82. The van der Waals surface area contributed by atoms with E-state index in [-0.39, 0.29) is 10.8 Å². The molecule has 0 atom stereocenters. The van der Waals surface area contributed by atoms with Crippen molar-refractivity contribution in [2.75, 3.05) is 9.80 Å². The van der Waals surface area contributed by atoms with Crippen LogP contribution in [0.2, 0.25) is 0 Å². The lowest BCUT2D eigenvalue weighted by Gasteiger charge is -2.61. The summed E-state index contributed by atoms with van der Waals surface area (Å²) in [6.45, 7) is 4.74. The van der Waals surface area contributed by atoms with E-state index in [0.717, 1.165) is 17.5 Å². The Morgan fingerprint density at radius 2 is 0.889 bits per heavy atom. The fourth-order valence-corrected chi connectivity index (χ4v) is 13.9. The fraction of sp³-hybridized carbons (Fsp3) is 0.213. The topological polar surface area (TPSA) is 6.48 Å². The Morgan fingerprint density at radius 3 is 1.54 bits per heavy atom. The summed E-state index contributed by atoms with van der Waals surface area (Å²) in [6, 6.07) is 73.2. The van der Waals surface area contributed by atoms with Gasteiger partial charge in [-0.05, 0) is 167 Å². The number of nitrogens with zero attached hydrogens (tertiary/aromatic N) is 2. The third-order valence-corrected chi connectivity index (χ3v) is 16.2. The Hall–Kier alpha value is -6.64. The molecule has 4 fully saturated rings. The third kappa shape index (κ3) is 5.37. The predicted molar refractivity (Wildman–Crippen MR) is 262 cm³/mol. The molecule has 6 aliphatic rings. The third-order valence-electron chi connectivity index (χ3n) is 16.2. The van der Waals surface area contributed by atoms with E-state index in [2.05, 4.69) is 218 Å². The van der Waals surface area contributed by atoms with Crippen LogP contribution in [0.15, 0.2) is 194 Å². The van der Waals surface area contributed by atoms with Crippen LogP contribution in [-0.2, 0) is 10.8 Å². The standard InChI is InChI=1S/C61H52N2/c1-60(2)53-25-14-12-24-50(53)52-39-48(30-32-54(52)60)63(47-21-10-5-11-22-47)57-27-15-13-23-49(57)42-29-31-51-56(38-42)61(43-34-40-33-41(36-43)37-44(61)35-40)55-26-16-28-58(59(51)55)62(45-17-6-3-7-18-45)46-19-8-4-9-20-46/h3-32,38-41,43-44H,33-37H2,1-2H3. The molecule has 0 radical (unpaired) electrons. The number of benzene rings is 8. The van der Waals surface area contributed by atoms with Gasteiger partial charge < -0.3 is 9.80 Å². The van der Waals surface area contributed by atoms with Crippen molar-refractivity contribution in [3.8, 4) is 33.4 Å². The quantitative estimate of drug-likeness (QED) is 0.158. The summed E-state index contributed by atoms with van der Waals surface area (Å²) in [5, 5.41) is 0. The second-order valence-electron chi connectivity index (χ2n) is 19.7. The van der Waals surface area contributed by atoms with E-state index in [0.29, 0.717) is 11.8 Å². The Bertz CT molecular complexity index is 2990. The first-order valence-electron chi connectivity index (χ1n) is 23.4. The average molecular weight is 813 g/mol. The molecule has 2 nitrogen and oxygen atoms in total. The zero-order chi connectivity index (χ0) is 41.9. The van der Waals surface area contributed by atoms with Gasteiger partial charge in [0.25, 0.3) is 0 Å². The molecule has 4 bridgehead atoms. The average Bonchev–Trinajstić information content (AvgIpc) is 3.74. The van der Waals surface area contributed by atoms with Gasteiger partial charge in [0.2, 0.25) is 0 Å². The molecule has 63 heavy (non-hydrogen) atoms. The van der Waals surface area contributed by atoms with Crippen LogP contribution in [0, 0.1) is 23.7 Å². The maximum absolute atomic E-state index is 2.67. The normalized spacial score (nSPS) is 22.6. The summed E-state index contributed by atoms with van der Waals surface area (Å²) in [4.78, 5) is 5.01. The highest BCUT2D eigenvalue weighted by atomic mass is 15.2. The zero-order valence-electron chi connectivity index (χ0n) is 36.2. The second kappa shape index (κ2) is 13.9. The van der Waals surface area contributed by atoms with Crippen molar-refractivity contribution in [3.63, 3.8) is 0 Å². The lowest BCUT2D eigenvalue weighted by molar-refractivity contribution is -0.0399. The molecule has 1 spiro atoms. The van der Waals surface area contributed by atoms with Crippen molar-refractivity contribution in [3.05, 3.63) is 216 Å². The Kier molecular flexibility index (Phi) is 8.17. The van der Waals surface area contributed by atoms with E-state index in [4.69, 9.17) is 0 Å². The van der Waals surface area contributed by atoms with Crippen LogP contribution in [0.1, 0.15) is 68.2 Å². The lowest BCUT2D eigenvalue weighted by Crippen LogP contribution is -2.55. The molecular weight excluding hydrogens is 761 g/mol. The number of hydrogen-bond donors (Lipinski definition) is 0. The van der Waals surface area contributed by atoms with Gasteiger partial charge in [-0.1, -0.05) is 141 Å². The number of anilines is 6. The molecule has 0 unspecified atom stereocenters. The van der Waals surface area contributed by atoms with Gasteiger partial charge >= 0.3 is 0 Å². The van der Waals surface area contributed by atoms with Crippen molar-refractivity contribution < 1.29 is 0 Å². The first-order chi connectivity index (χ1) is 31.0. The highest BCUT2D eigenvalue weighted by Crippen LogP contribution is 2.71. The summed E-state index contributed by atoms with van der Waals surface area (Å²) < 4.78 is 0. The van der Waals surface area contributed by atoms with E-state index in [9.17, 15) is 0 Å². The van der Waals surface area contributed by atoms with Crippen LogP contribution in [-0.4, -0.2) is 0 Å². The van der Waals surface area contributed by atoms with Gasteiger partial charge in [0.1, 0.15) is 0 Å². The summed E-state index contributed by atoms with van der Waals surface area (Å²) in [7, 11) is 0. The van der Waals surface area contributed by atoms with Crippen molar-refractivity contribution in [2.45, 2.75) is 56.8 Å². The van der Waals surface area contributed by atoms with E-state index in [1.807, 2.05) is 0 Å². The minimum atomic E-state index is -0.0467. The Labute approximate surface area is 372 Å². The number of para-hydroxylation sites is 4. The SMILES string of the molecule is CC1(C)c2ccccc2-c2cc(N(c3ccccc3)c3ccccc3-c3ccc4c(c3)C3(c5cccc(N(c6ccccc6)c6ccccc6)c5-4)C4CC5CC(C4)CC3C5)ccc21. The maximum atomic E-state index is 2.67. The summed E-state index contributed by atoms with van der Waals surface area (Å²) in [5.74, 6) is 3.03. The van der Waals surface area contributed by atoms with E-state index in [1.54, 1.807) is 11.1 Å². The molecule has 0 N–H and O–H groups in total. The zero-order valence-corrected chi connectivity index (χ0v) is 36.2. The van der Waals surface area contributed by atoms with Gasteiger partial charge in [-0.15, -0.1) is 0 Å². The van der Waals surface area contributed by atoms with Gasteiger partial charge in [-0.2, -0.15) is 0 Å². The van der Waals surface area contributed by atoms with Crippen molar-refractivity contribution in [2.24, 2.45) is 23.7 Å². The molecule has 6 aliphatic carbocycles. The van der Waals surface area contributed by atoms with Gasteiger partial charge in [0.15, 0.2) is 0 Å². The molecule has 306 valence electrons. The van der Waals surface area contributed by atoms with Gasteiger partial charge in [-0.25, -0.2) is 0 Å². The number of hydrogen-bond acceptors (Lipinski definition) is 2. The molecular formula is C61H52N2. The molecule has 8 aromatic rings. The predicted octanol–water partition coefficient (Wildman–Crippen LogP) is 16.3. The van der Waals surface area contributed by atoms with Crippen molar-refractivity contribution >= 4 is 34.1 Å². The molecule has 0 heterocycles. The molecule has 8 aromatic carbocycles. The van der Waals surface area contributed by atoms with Crippen molar-refractivity contribution in [1.29, 1.82) is 0 Å². The van der Waals surface area contributed by atoms with E-state index in [1.165, 1.54) is 105 Å². The van der Waals surface area contributed by atoms with Gasteiger partial charge in [0, 0.05) is 44.7 Å². The summed E-state index contributed by atoms with van der Waals surface area (Å²) >= 11 is 0. The van der Waals surface area contributed by atoms with Crippen molar-refractivity contribution in [1.82, 2.24) is 0 Å². The van der Waals surface area contributed by atoms with Crippen LogP contribution in [0.3, 0.4) is 0 Å². The molecule has 0 aromatic heterocycles. The second-order valence-corrected chi connectivity index (χ2v) is 19.7. The lowest BCUT2D eigenvalue weighted by atomic mass is 9.43. The monoisotopic (exact) mass is 812 g/mol. The van der Waals surface area contributed by atoms with Crippen LogP contribution in [0.4, 0.5) is 34.1 Å². The highest BCUT2D eigenvalue weighted by molar-refractivity contribution is 5.98. The van der Waals surface area contributed by atoms with Crippen LogP contribution >= 0.6 is 0 Å². The van der Waals surface area contributed by atoms with Crippen LogP contribution in [0.5, 0.6) is 0 Å². The first kappa shape index (κ1) is 37.0. The molecule has 2 heteroatoms. The Morgan fingerprint density at radius 1 is 0.365 bits per heavy atom. The summed E-state index contributed by atoms with van der Waals surface area (Å²) in [5.41, 5.74) is 21.2. The van der Waals surface area contributed by atoms with E-state index >= 15 is 0 Å². The molecule has 0 aliphatic heterocycles.